The third-order valence-electron chi connectivity index (χ3n) is 4.36. The van der Waals surface area contributed by atoms with Gasteiger partial charge in [0.1, 0.15) is 30.2 Å². The lowest BCUT2D eigenvalue weighted by atomic mass is 10.1. The number of carbonyl (C=O) groups is 7. The number of hydrogen-bond acceptors (Lipinski definition) is 16. The van der Waals surface area contributed by atoms with E-state index in [0.29, 0.717) is 32.4 Å². The molecule has 0 spiro atoms. The maximum absolute atomic E-state index is 10.2. The van der Waals surface area contributed by atoms with E-state index in [1.807, 2.05) is 0 Å². The molecule has 0 fully saturated rings. The molecular weight excluding hydrogens is 668 g/mol. The third-order valence-corrected chi connectivity index (χ3v) is 4.36. The highest BCUT2D eigenvalue weighted by Gasteiger charge is 2.14. The number of carboxylic acids is 7. The standard InChI is InChI=1S/C6H14N4O2.C6H14N2O2.C4H7NO4.C3H7NO3.C3H7NO2.C2H5NO2/c7-4(5(11)12)2-1-3-10-6(8)9;7-4-2-1-3-5(8)6(9)10;5-2(4(8)9)1-3(6)7;4-2(1-5)3(6)7;1-2(4)3(5)6;3-1-2(4)5/h4H,1-3,7H2,(H,11,12)(H4,8,9,10);5H,1-4,7-8H2,(H,9,10);2H,1,5H2,(H,6,7)(H,8,9);2,5H,1,4H2,(H,6,7);2H,4H2,1H3,(H,5,6);1,3H2,(H,4,5). The van der Waals surface area contributed by atoms with Gasteiger partial charge in [-0.15, -0.1) is 0 Å². The molecule has 0 saturated carbocycles. The lowest BCUT2D eigenvalue weighted by Gasteiger charge is -2.03. The van der Waals surface area contributed by atoms with Crippen LogP contribution in [-0.2, 0) is 33.6 Å². The van der Waals surface area contributed by atoms with Gasteiger partial charge in [0.15, 0.2) is 5.96 Å². The van der Waals surface area contributed by atoms with Gasteiger partial charge in [-0.3, -0.25) is 38.6 Å². The van der Waals surface area contributed by atoms with Gasteiger partial charge in [0.05, 0.1) is 19.6 Å². The second kappa shape index (κ2) is 37.7. The van der Waals surface area contributed by atoms with Crippen molar-refractivity contribution >= 4 is 47.7 Å². The molecule has 0 aromatic heterocycles. The van der Waals surface area contributed by atoms with E-state index >= 15 is 0 Å². The minimum atomic E-state index is -1.29. The molecule has 0 aliphatic heterocycles. The summed E-state index contributed by atoms with van der Waals surface area (Å²) in [5, 5.41) is 64.1. The fourth-order valence-electron chi connectivity index (χ4n) is 1.63. The molecule has 0 aliphatic carbocycles. The number of guanidine groups is 1. The Labute approximate surface area is 281 Å². The maximum Gasteiger partial charge on any atom is 0.322 e. The summed E-state index contributed by atoms with van der Waals surface area (Å²) in [5.41, 5.74) is 44.8. The van der Waals surface area contributed by atoms with Crippen molar-refractivity contribution in [3.05, 3.63) is 0 Å². The van der Waals surface area contributed by atoms with E-state index in [9.17, 15) is 33.6 Å². The van der Waals surface area contributed by atoms with Crippen molar-refractivity contribution in [2.75, 3.05) is 26.2 Å². The molecule has 49 heavy (non-hydrogen) atoms. The predicted molar refractivity (Wildman–Crippen MR) is 173 cm³/mol. The molecule has 0 aliphatic rings. The quantitative estimate of drug-likeness (QED) is 0.0377. The summed E-state index contributed by atoms with van der Waals surface area (Å²) in [4.78, 5) is 72.1. The lowest BCUT2D eigenvalue weighted by molar-refractivity contribution is -0.144. The Balaban J connectivity index is -0.000000116. The van der Waals surface area contributed by atoms with Gasteiger partial charge < -0.3 is 92.5 Å². The van der Waals surface area contributed by atoms with E-state index in [0.717, 1.165) is 12.8 Å². The van der Waals surface area contributed by atoms with Crippen molar-refractivity contribution in [3.63, 3.8) is 0 Å². The number of nitrogens with two attached hydrogens (primary N) is 9. The molecule has 0 aromatic rings. The topological polar surface area (TPSA) is 528 Å². The smallest absolute Gasteiger partial charge is 0.322 e. The molecular formula is C24H54N10O15. The number of aliphatic hydroxyl groups excluding tert-OH is 1. The molecule has 0 saturated heterocycles. The third kappa shape index (κ3) is 59.2. The fourth-order valence-corrected chi connectivity index (χ4v) is 1.63. The molecule has 25 nitrogen and oxygen atoms in total. The summed E-state index contributed by atoms with van der Waals surface area (Å²) in [7, 11) is 0. The van der Waals surface area contributed by atoms with Crippen molar-refractivity contribution in [2.24, 2.45) is 56.6 Å². The molecule has 0 amide bonds. The van der Waals surface area contributed by atoms with Crippen LogP contribution in [0, 0.1) is 0 Å². The number of rotatable bonds is 17. The minimum Gasteiger partial charge on any atom is -0.481 e. The predicted octanol–water partition coefficient (Wildman–Crippen LogP) is -6.31. The van der Waals surface area contributed by atoms with E-state index in [2.05, 4.69) is 10.7 Å². The summed E-state index contributed by atoms with van der Waals surface area (Å²) < 4.78 is 0. The Bertz CT molecular complexity index is 968. The van der Waals surface area contributed by atoms with Crippen LogP contribution in [0.15, 0.2) is 4.99 Å². The molecule has 0 radical (unpaired) electrons. The monoisotopic (exact) mass is 722 g/mol. The van der Waals surface area contributed by atoms with Crippen molar-refractivity contribution < 1.29 is 74.4 Å². The zero-order chi connectivity index (χ0) is 40.3. The summed E-state index contributed by atoms with van der Waals surface area (Å²) in [6.45, 7) is 1.66. The van der Waals surface area contributed by atoms with Crippen molar-refractivity contribution in [1.82, 2.24) is 0 Å². The average Bonchev–Trinajstić information content (AvgIpc) is 2.99. The van der Waals surface area contributed by atoms with E-state index in [-0.39, 0.29) is 12.5 Å². The Morgan fingerprint density at radius 1 is 0.571 bits per heavy atom. The molecule has 0 rings (SSSR count). The maximum atomic E-state index is 10.2. The van der Waals surface area contributed by atoms with Crippen molar-refractivity contribution in [3.8, 4) is 0 Å². The van der Waals surface area contributed by atoms with E-state index in [1.165, 1.54) is 6.92 Å². The molecule has 5 unspecified atom stereocenters. The summed E-state index contributed by atoms with van der Waals surface area (Å²) >= 11 is 0. The second-order valence-corrected chi connectivity index (χ2v) is 9.02. The van der Waals surface area contributed by atoms with Gasteiger partial charge in [0.25, 0.3) is 0 Å². The number of aliphatic carboxylic acids is 7. The Morgan fingerprint density at radius 2 is 0.918 bits per heavy atom. The number of carboxylic acid groups (broad SMARTS) is 7. The molecule has 290 valence electrons. The SMILES string of the molecule is CC(N)C(=O)O.NC(CC(=O)O)C(=O)O.NC(CO)C(=O)O.NC(N)=NCCCC(N)C(=O)O.NCC(=O)O.NCCCCC(N)C(=O)O. The van der Waals surface area contributed by atoms with Gasteiger partial charge in [0.2, 0.25) is 0 Å². The Kier molecular flexibility index (Phi) is 43.5. The van der Waals surface area contributed by atoms with Gasteiger partial charge in [-0.05, 0) is 39.2 Å². The van der Waals surface area contributed by atoms with Gasteiger partial charge in [0, 0.05) is 6.54 Å². The number of hydrogen-bond donors (Lipinski definition) is 17. The first-order chi connectivity index (χ1) is 22.3. The highest BCUT2D eigenvalue weighted by atomic mass is 16.4. The first kappa shape index (κ1) is 56.6. The Morgan fingerprint density at radius 3 is 1.10 bits per heavy atom. The average molecular weight is 723 g/mol. The first-order valence-corrected chi connectivity index (χ1v) is 13.8. The molecule has 0 heterocycles. The molecule has 5 atom stereocenters. The summed E-state index contributed by atoms with van der Waals surface area (Å²) in [5.74, 6) is -7.53. The zero-order valence-electron chi connectivity index (χ0n) is 27.0. The first-order valence-electron chi connectivity index (χ1n) is 13.8. The van der Waals surface area contributed by atoms with Gasteiger partial charge in [-0.1, -0.05) is 6.42 Å². The van der Waals surface area contributed by atoms with Crippen LogP contribution in [0.3, 0.4) is 0 Å². The molecule has 26 N–H and O–H groups in total. The van der Waals surface area contributed by atoms with Crippen molar-refractivity contribution in [2.45, 2.75) is 75.7 Å². The number of nitrogens with zero attached hydrogens (tertiary/aromatic N) is 1. The minimum absolute atomic E-state index is 0.0129. The van der Waals surface area contributed by atoms with Crippen LogP contribution in [0.1, 0.15) is 45.4 Å². The van der Waals surface area contributed by atoms with Crippen LogP contribution in [0.5, 0.6) is 0 Å². The molecule has 0 aromatic carbocycles. The highest BCUT2D eigenvalue weighted by Crippen LogP contribution is 1.97. The van der Waals surface area contributed by atoms with Crippen LogP contribution in [0.2, 0.25) is 0 Å². The van der Waals surface area contributed by atoms with Crippen LogP contribution in [0.4, 0.5) is 0 Å². The van der Waals surface area contributed by atoms with E-state index in [1.54, 1.807) is 0 Å². The Hall–Kier alpha value is -4.76. The van der Waals surface area contributed by atoms with Crippen LogP contribution in [-0.4, -0.2) is 145 Å². The number of aliphatic imine (C=N–C) groups is 1. The van der Waals surface area contributed by atoms with Crippen LogP contribution in [0.25, 0.3) is 0 Å². The van der Waals surface area contributed by atoms with Gasteiger partial charge >= 0.3 is 41.8 Å². The van der Waals surface area contributed by atoms with Crippen LogP contribution >= 0.6 is 0 Å². The molecule has 25 heteroatoms. The van der Waals surface area contributed by atoms with Crippen molar-refractivity contribution in [1.29, 1.82) is 0 Å². The lowest BCUT2D eigenvalue weighted by Crippen LogP contribution is -2.33. The van der Waals surface area contributed by atoms with Gasteiger partial charge in [-0.2, -0.15) is 0 Å². The normalized spacial score (nSPS) is 12.3. The largest absolute Gasteiger partial charge is 0.481 e. The fraction of sp³-hybridized carbons (Fsp3) is 0.667. The van der Waals surface area contributed by atoms with E-state index in [4.69, 9.17) is 86.7 Å². The van der Waals surface area contributed by atoms with E-state index < -0.39 is 85.0 Å². The summed E-state index contributed by atoms with van der Waals surface area (Å²) in [6.07, 6.45) is 2.59. The summed E-state index contributed by atoms with van der Waals surface area (Å²) in [6, 6.07) is -4.68. The highest BCUT2D eigenvalue weighted by molar-refractivity contribution is 5.80. The molecule has 0 bridgehead atoms. The zero-order valence-corrected chi connectivity index (χ0v) is 27.0. The van der Waals surface area contributed by atoms with Crippen LogP contribution < -0.4 is 51.6 Å². The number of unbranched alkanes of at least 4 members (excludes halogenated alkanes) is 1. The van der Waals surface area contributed by atoms with Gasteiger partial charge in [-0.25, -0.2) is 0 Å². The number of aliphatic hydroxyl groups is 1. The second-order valence-electron chi connectivity index (χ2n) is 9.02.